The van der Waals surface area contributed by atoms with Gasteiger partial charge in [-0.05, 0) is 48.6 Å². The molecule has 0 fully saturated rings. The molecule has 0 unspecified atom stereocenters. The minimum atomic E-state index is -0.489. The van der Waals surface area contributed by atoms with E-state index in [1.807, 2.05) is 0 Å². The number of para-hydroxylation sites is 1. The molecule has 0 heterocycles. The lowest BCUT2D eigenvalue weighted by Crippen LogP contribution is -2.43. The molecule has 0 spiro atoms. The first-order valence-electron chi connectivity index (χ1n) is 6.39. The number of hydrazine groups is 1. The van der Waals surface area contributed by atoms with Crippen molar-refractivity contribution in [1.29, 1.82) is 0 Å². The molecular formula is C15H15N3O3S. The second-order valence-electron chi connectivity index (χ2n) is 4.28. The number of ether oxygens (including phenoxy) is 1. The first-order valence-corrected chi connectivity index (χ1v) is 6.80. The van der Waals surface area contributed by atoms with Crippen LogP contribution in [-0.4, -0.2) is 23.2 Å². The Labute approximate surface area is 133 Å². The first kappa shape index (κ1) is 15.6. The zero-order valence-corrected chi connectivity index (χ0v) is 12.6. The van der Waals surface area contributed by atoms with Crippen molar-refractivity contribution in [2.24, 2.45) is 0 Å². The average molecular weight is 317 g/mol. The monoisotopic (exact) mass is 317 g/mol. The van der Waals surface area contributed by atoms with Crippen LogP contribution in [0.5, 0.6) is 11.5 Å². The summed E-state index contributed by atoms with van der Waals surface area (Å²) < 4.78 is 5.06. The minimum absolute atomic E-state index is 0.101. The van der Waals surface area contributed by atoms with Crippen LogP contribution >= 0.6 is 12.2 Å². The highest BCUT2D eigenvalue weighted by atomic mass is 32.1. The molecule has 0 aliphatic carbocycles. The minimum Gasteiger partial charge on any atom is -0.507 e. The SMILES string of the molecule is COc1ccc(NC(=S)NNC(=O)c2ccccc2O)cc1. The van der Waals surface area contributed by atoms with E-state index in [-0.39, 0.29) is 16.4 Å². The van der Waals surface area contributed by atoms with Crippen LogP contribution in [0.3, 0.4) is 0 Å². The number of methoxy groups -OCH3 is 1. The Morgan fingerprint density at radius 1 is 1.09 bits per heavy atom. The molecule has 0 radical (unpaired) electrons. The fourth-order valence-electron chi connectivity index (χ4n) is 1.68. The maximum absolute atomic E-state index is 11.9. The maximum atomic E-state index is 11.9. The molecule has 0 atom stereocenters. The van der Waals surface area contributed by atoms with E-state index in [0.717, 1.165) is 11.4 Å². The van der Waals surface area contributed by atoms with Gasteiger partial charge < -0.3 is 15.2 Å². The Kier molecular flexibility index (Phi) is 5.16. The molecule has 7 heteroatoms. The number of phenolic OH excluding ortho intramolecular Hbond substituents is 1. The summed E-state index contributed by atoms with van der Waals surface area (Å²) >= 11 is 5.07. The van der Waals surface area contributed by atoms with Crippen molar-refractivity contribution in [3.63, 3.8) is 0 Å². The summed E-state index contributed by atoms with van der Waals surface area (Å²) in [5.74, 6) is 0.144. The van der Waals surface area contributed by atoms with Crippen LogP contribution in [-0.2, 0) is 0 Å². The number of carbonyl (C=O) groups excluding carboxylic acids is 1. The van der Waals surface area contributed by atoms with Gasteiger partial charge in [0.2, 0.25) is 0 Å². The van der Waals surface area contributed by atoms with Crippen molar-refractivity contribution in [2.75, 3.05) is 12.4 Å². The van der Waals surface area contributed by atoms with Crippen molar-refractivity contribution in [1.82, 2.24) is 10.9 Å². The lowest BCUT2D eigenvalue weighted by atomic mass is 10.2. The van der Waals surface area contributed by atoms with Gasteiger partial charge >= 0.3 is 0 Å². The van der Waals surface area contributed by atoms with E-state index in [9.17, 15) is 9.90 Å². The summed E-state index contributed by atoms with van der Waals surface area (Å²) in [5.41, 5.74) is 5.87. The molecule has 0 aliphatic heterocycles. The fraction of sp³-hybridized carbons (Fsp3) is 0.0667. The Balaban J connectivity index is 1.87. The molecule has 0 saturated carbocycles. The number of carbonyl (C=O) groups is 1. The van der Waals surface area contributed by atoms with Crippen molar-refractivity contribution in [3.05, 3.63) is 54.1 Å². The number of hydrogen-bond donors (Lipinski definition) is 4. The van der Waals surface area contributed by atoms with Crippen LogP contribution in [0.4, 0.5) is 5.69 Å². The fourth-order valence-corrected chi connectivity index (χ4v) is 1.85. The zero-order valence-electron chi connectivity index (χ0n) is 11.8. The number of hydrogen-bond acceptors (Lipinski definition) is 4. The summed E-state index contributed by atoms with van der Waals surface area (Å²) in [6, 6.07) is 13.4. The number of amides is 1. The third-order valence-electron chi connectivity index (χ3n) is 2.79. The van der Waals surface area contributed by atoms with Gasteiger partial charge in [0.1, 0.15) is 11.5 Å². The van der Waals surface area contributed by atoms with Crippen LogP contribution in [0, 0.1) is 0 Å². The van der Waals surface area contributed by atoms with E-state index < -0.39 is 5.91 Å². The maximum Gasteiger partial charge on any atom is 0.273 e. The van der Waals surface area contributed by atoms with Gasteiger partial charge in [0.25, 0.3) is 5.91 Å². The zero-order chi connectivity index (χ0) is 15.9. The van der Waals surface area contributed by atoms with Crippen molar-refractivity contribution in [3.8, 4) is 11.5 Å². The van der Waals surface area contributed by atoms with Gasteiger partial charge in [0, 0.05) is 5.69 Å². The molecule has 1 amide bonds. The molecule has 2 aromatic carbocycles. The van der Waals surface area contributed by atoms with Crippen molar-refractivity contribution in [2.45, 2.75) is 0 Å². The summed E-state index contributed by atoms with van der Waals surface area (Å²) in [5, 5.41) is 12.7. The van der Waals surface area contributed by atoms with Gasteiger partial charge in [0.15, 0.2) is 5.11 Å². The summed E-state index contributed by atoms with van der Waals surface area (Å²) in [6.07, 6.45) is 0. The molecule has 2 aromatic rings. The molecule has 22 heavy (non-hydrogen) atoms. The lowest BCUT2D eigenvalue weighted by molar-refractivity contribution is 0.0941. The number of benzene rings is 2. The Hall–Kier alpha value is -2.80. The van der Waals surface area contributed by atoms with Crippen LogP contribution in [0.1, 0.15) is 10.4 Å². The standard InChI is InChI=1S/C15H15N3O3S/c1-21-11-8-6-10(7-9-11)16-15(22)18-17-14(20)12-4-2-3-5-13(12)19/h2-9,19H,1H3,(H,17,20)(H2,16,18,22). The van der Waals surface area contributed by atoms with Crippen LogP contribution in [0.2, 0.25) is 0 Å². The predicted molar refractivity (Wildman–Crippen MR) is 87.9 cm³/mol. The lowest BCUT2D eigenvalue weighted by Gasteiger charge is -2.12. The van der Waals surface area contributed by atoms with E-state index in [1.54, 1.807) is 43.5 Å². The number of aromatic hydroxyl groups is 1. The average Bonchev–Trinajstić information content (AvgIpc) is 2.54. The quantitative estimate of drug-likeness (QED) is 0.512. The summed E-state index contributed by atoms with van der Waals surface area (Å²) in [6.45, 7) is 0. The van der Waals surface area contributed by atoms with Gasteiger partial charge in [-0.3, -0.25) is 15.6 Å². The predicted octanol–water partition coefficient (Wildman–Crippen LogP) is 2.03. The van der Waals surface area contributed by atoms with Gasteiger partial charge in [-0.15, -0.1) is 0 Å². The number of phenols is 1. The largest absolute Gasteiger partial charge is 0.507 e. The highest BCUT2D eigenvalue weighted by molar-refractivity contribution is 7.80. The van der Waals surface area contributed by atoms with Gasteiger partial charge in [0.05, 0.1) is 12.7 Å². The van der Waals surface area contributed by atoms with E-state index in [4.69, 9.17) is 17.0 Å². The van der Waals surface area contributed by atoms with E-state index >= 15 is 0 Å². The molecule has 0 bridgehead atoms. The number of thiocarbonyl (C=S) groups is 1. The van der Waals surface area contributed by atoms with Crippen LogP contribution in [0.15, 0.2) is 48.5 Å². The summed E-state index contributed by atoms with van der Waals surface area (Å²) in [4.78, 5) is 11.9. The number of anilines is 1. The molecule has 2 rings (SSSR count). The smallest absolute Gasteiger partial charge is 0.273 e. The molecule has 0 aliphatic rings. The molecule has 6 nitrogen and oxygen atoms in total. The van der Waals surface area contributed by atoms with Crippen molar-refractivity contribution < 1.29 is 14.6 Å². The normalized spacial score (nSPS) is 9.68. The Morgan fingerprint density at radius 3 is 2.41 bits per heavy atom. The highest BCUT2D eigenvalue weighted by Gasteiger charge is 2.09. The van der Waals surface area contributed by atoms with Crippen LogP contribution in [0.25, 0.3) is 0 Å². The first-order chi connectivity index (χ1) is 10.6. The number of rotatable bonds is 3. The van der Waals surface area contributed by atoms with Crippen molar-refractivity contribution >= 4 is 28.9 Å². The van der Waals surface area contributed by atoms with E-state index in [1.165, 1.54) is 12.1 Å². The topological polar surface area (TPSA) is 82.6 Å². The molecule has 4 N–H and O–H groups in total. The van der Waals surface area contributed by atoms with Gasteiger partial charge in [-0.25, -0.2) is 0 Å². The van der Waals surface area contributed by atoms with E-state index in [0.29, 0.717) is 0 Å². The second-order valence-corrected chi connectivity index (χ2v) is 4.69. The molecule has 0 aromatic heterocycles. The molecule has 0 saturated heterocycles. The summed E-state index contributed by atoms with van der Waals surface area (Å²) in [7, 11) is 1.59. The highest BCUT2D eigenvalue weighted by Crippen LogP contribution is 2.15. The van der Waals surface area contributed by atoms with Crippen LogP contribution < -0.4 is 20.9 Å². The second kappa shape index (κ2) is 7.28. The molecule has 114 valence electrons. The Bertz CT molecular complexity index is 674. The third-order valence-corrected chi connectivity index (χ3v) is 2.99. The third kappa shape index (κ3) is 4.10. The molecular weight excluding hydrogens is 302 g/mol. The number of nitrogens with one attached hydrogen (secondary N) is 3. The van der Waals surface area contributed by atoms with Gasteiger partial charge in [-0.2, -0.15) is 0 Å². The van der Waals surface area contributed by atoms with E-state index in [2.05, 4.69) is 16.2 Å². The van der Waals surface area contributed by atoms with Gasteiger partial charge in [-0.1, -0.05) is 12.1 Å². The Morgan fingerprint density at radius 2 is 1.77 bits per heavy atom.